The van der Waals surface area contributed by atoms with Crippen molar-refractivity contribution in [1.29, 1.82) is 0 Å². The molecule has 2 atom stereocenters. The fourth-order valence-electron chi connectivity index (χ4n) is 7.26. The molecule has 7 heteroatoms. The standard InChI is InChI=1S/C48H93NO6/c1-10-12-20-27-43(28-21-13-11-2)35-38-53-46(50)31-24-17-15-14-16-22-29-44(48(52)54-37-26-36-49(9)42(7)8)30-23-18-19-25-32-47(51)55-39-45(41(5)6)34-33-40(3)4/h40-45H,10-39H2,1-9H3. The number of hydrogen-bond donors (Lipinski definition) is 0. The van der Waals surface area contributed by atoms with Crippen LogP contribution >= 0.6 is 0 Å². The van der Waals surface area contributed by atoms with Gasteiger partial charge in [-0.2, -0.15) is 0 Å². The molecule has 55 heavy (non-hydrogen) atoms. The normalized spacial score (nSPS) is 13.0. The average Bonchev–Trinajstić information content (AvgIpc) is 3.14. The zero-order chi connectivity index (χ0) is 41.1. The van der Waals surface area contributed by atoms with E-state index in [4.69, 9.17) is 14.2 Å². The van der Waals surface area contributed by atoms with Crippen molar-refractivity contribution in [3.05, 3.63) is 0 Å². The van der Waals surface area contributed by atoms with Crippen molar-refractivity contribution >= 4 is 17.9 Å². The van der Waals surface area contributed by atoms with Crippen molar-refractivity contribution in [1.82, 2.24) is 4.90 Å². The first-order chi connectivity index (χ1) is 26.4. The summed E-state index contributed by atoms with van der Waals surface area (Å²) in [4.78, 5) is 40.2. The van der Waals surface area contributed by atoms with Gasteiger partial charge in [-0.1, -0.05) is 151 Å². The summed E-state index contributed by atoms with van der Waals surface area (Å²) in [6, 6.07) is 0.480. The van der Waals surface area contributed by atoms with Crippen LogP contribution < -0.4 is 0 Å². The molecule has 0 N–H and O–H groups in total. The third-order valence-electron chi connectivity index (χ3n) is 11.7. The number of esters is 3. The van der Waals surface area contributed by atoms with Crippen molar-refractivity contribution in [2.75, 3.05) is 33.4 Å². The fourth-order valence-corrected chi connectivity index (χ4v) is 7.26. The maximum atomic E-state index is 13.1. The molecule has 0 fully saturated rings. The van der Waals surface area contributed by atoms with Crippen LogP contribution in [0.5, 0.6) is 0 Å². The second-order valence-electron chi connectivity index (χ2n) is 17.9. The van der Waals surface area contributed by atoms with Gasteiger partial charge in [0, 0.05) is 25.4 Å². The van der Waals surface area contributed by atoms with Crippen LogP contribution in [0.2, 0.25) is 0 Å². The third-order valence-corrected chi connectivity index (χ3v) is 11.7. The Balaban J connectivity index is 4.46. The maximum absolute atomic E-state index is 13.1. The van der Waals surface area contributed by atoms with Crippen molar-refractivity contribution in [2.24, 2.45) is 29.6 Å². The van der Waals surface area contributed by atoms with Crippen molar-refractivity contribution in [3.8, 4) is 0 Å². The summed E-state index contributed by atoms with van der Waals surface area (Å²) in [5, 5.41) is 0. The van der Waals surface area contributed by atoms with Crippen LogP contribution in [-0.2, 0) is 28.6 Å². The van der Waals surface area contributed by atoms with E-state index in [1.807, 2.05) is 0 Å². The van der Waals surface area contributed by atoms with Crippen LogP contribution in [0.15, 0.2) is 0 Å². The SMILES string of the molecule is CCCCCC(CCCCC)CCOC(=O)CCCCCCCCC(CCCCCCC(=O)OCC(CCC(C)C)C(C)C)C(=O)OCCCN(C)C(C)C. The topological polar surface area (TPSA) is 82.1 Å². The van der Waals surface area contributed by atoms with Crippen LogP contribution in [0.4, 0.5) is 0 Å². The zero-order valence-electron chi connectivity index (χ0n) is 38.1. The number of carbonyl (C=O) groups excluding carboxylic acids is 3. The van der Waals surface area contributed by atoms with Gasteiger partial charge >= 0.3 is 17.9 Å². The molecule has 0 radical (unpaired) electrons. The van der Waals surface area contributed by atoms with Crippen LogP contribution in [0.25, 0.3) is 0 Å². The molecule has 0 aliphatic heterocycles. The number of nitrogens with zero attached hydrogens (tertiary/aromatic N) is 1. The highest BCUT2D eigenvalue weighted by Crippen LogP contribution is 2.24. The molecule has 0 heterocycles. The quantitative estimate of drug-likeness (QED) is 0.0349. The Labute approximate surface area is 341 Å². The second-order valence-corrected chi connectivity index (χ2v) is 17.9. The zero-order valence-corrected chi connectivity index (χ0v) is 38.1. The molecule has 0 aliphatic carbocycles. The highest BCUT2D eigenvalue weighted by atomic mass is 16.5. The van der Waals surface area contributed by atoms with Gasteiger partial charge in [-0.05, 0) is 89.5 Å². The minimum atomic E-state index is -0.0746. The molecule has 0 aromatic rings. The van der Waals surface area contributed by atoms with Gasteiger partial charge in [-0.25, -0.2) is 0 Å². The molecule has 2 unspecified atom stereocenters. The molecule has 0 aliphatic rings. The number of ether oxygens (including phenoxy) is 3. The van der Waals surface area contributed by atoms with Crippen molar-refractivity contribution < 1.29 is 28.6 Å². The van der Waals surface area contributed by atoms with Gasteiger partial charge in [0.1, 0.15) is 0 Å². The van der Waals surface area contributed by atoms with E-state index >= 15 is 0 Å². The smallest absolute Gasteiger partial charge is 0.308 e. The summed E-state index contributed by atoms with van der Waals surface area (Å²) in [6.07, 6.45) is 27.2. The molecule has 0 saturated heterocycles. The minimum absolute atomic E-state index is 0.0368. The Morgan fingerprint density at radius 1 is 0.509 bits per heavy atom. The van der Waals surface area contributed by atoms with Gasteiger partial charge in [0.05, 0.1) is 25.7 Å². The van der Waals surface area contributed by atoms with Crippen LogP contribution in [0, 0.1) is 29.6 Å². The van der Waals surface area contributed by atoms with E-state index in [1.165, 1.54) is 57.8 Å². The Hall–Kier alpha value is -1.63. The van der Waals surface area contributed by atoms with E-state index in [-0.39, 0.29) is 23.8 Å². The summed E-state index contributed by atoms with van der Waals surface area (Å²) in [5.74, 6) is 2.10. The third kappa shape index (κ3) is 33.1. The highest BCUT2D eigenvalue weighted by molar-refractivity contribution is 5.72. The predicted octanol–water partition coefficient (Wildman–Crippen LogP) is 13.3. The summed E-state index contributed by atoms with van der Waals surface area (Å²) in [5.41, 5.74) is 0. The summed E-state index contributed by atoms with van der Waals surface area (Å²) < 4.78 is 17.1. The van der Waals surface area contributed by atoms with Crippen LogP contribution in [-0.4, -0.2) is 62.3 Å². The van der Waals surface area contributed by atoms with Gasteiger partial charge in [0.15, 0.2) is 0 Å². The predicted molar refractivity (Wildman–Crippen MR) is 232 cm³/mol. The van der Waals surface area contributed by atoms with E-state index in [0.717, 1.165) is 103 Å². The second kappa shape index (κ2) is 36.7. The van der Waals surface area contributed by atoms with Gasteiger partial charge in [0.2, 0.25) is 0 Å². The van der Waals surface area contributed by atoms with Crippen molar-refractivity contribution in [3.63, 3.8) is 0 Å². The Morgan fingerprint density at radius 3 is 1.53 bits per heavy atom. The lowest BCUT2D eigenvalue weighted by Gasteiger charge is -2.21. The molecule has 0 amide bonds. The van der Waals surface area contributed by atoms with Crippen LogP contribution in [0.1, 0.15) is 222 Å². The van der Waals surface area contributed by atoms with Crippen LogP contribution in [0.3, 0.4) is 0 Å². The number of unbranched alkanes of at least 4 members (excludes halogenated alkanes) is 12. The Bertz CT molecular complexity index is 895. The molecule has 7 nitrogen and oxygen atoms in total. The monoisotopic (exact) mass is 780 g/mol. The average molecular weight is 780 g/mol. The van der Waals surface area contributed by atoms with E-state index in [1.54, 1.807) is 0 Å². The molecule has 0 aromatic carbocycles. The molecule has 0 spiro atoms. The summed E-state index contributed by atoms with van der Waals surface area (Å²) in [6.45, 7) is 20.3. The number of carbonyl (C=O) groups is 3. The Morgan fingerprint density at radius 2 is 1.02 bits per heavy atom. The molecular weight excluding hydrogens is 687 g/mol. The molecule has 0 rings (SSSR count). The molecule has 0 saturated carbocycles. The highest BCUT2D eigenvalue weighted by Gasteiger charge is 2.20. The van der Waals surface area contributed by atoms with Gasteiger partial charge in [-0.15, -0.1) is 0 Å². The van der Waals surface area contributed by atoms with E-state index < -0.39 is 0 Å². The summed E-state index contributed by atoms with van der Waals surface area (Å²) >= 11 is 0. The first-order valence-corrected chi connectivity index (χ1v) is 23.6. The van der Waals surface area contributed by atoms with Gasteiger partial charge < -0.3 is 19.1 Å². The number of hydrogen-bond acceptors (Lipinski definition) is 7. The lowest BCUT2D eigenvalue weighted by atomic mass is 9.89. The largest absolute Gasteiger partial charge is 0.466 e. The van der Waals surface area contributed by atoms with E-state index in [2.05, 4.69) is 67.3 Å². The van der Waals surface area contributed by atoms with Gasteiger partial charge in [0.25, 0.3) is 0 Å². The first kappa shape index (κ1) is 53.4. The molecule has 326 valence electrons. The Kier molecular flexibility index (Phi) is 35.6. The lowest BCUT2D eigenvalue weighted by Crippen LogP contribution is -2.28. The fraction of sp³-hybridized carbons (Fsp3) is 0.938. The number of rotatable bonds is 39. The summed E-state index contributed by atoms with van der Waals surface area (Å²) in [7, 11) is 2.11. The lowest BCUT2D eigenvalue weighted by molar-refractivity contribution is -0.149. The first-order valence-electron chi connectivity index (χ1n) is 23.6. The maximum Gasteiger partial charge on any atom is 0.308 e. The van der Waals surface area contributed by atoms with E-state index in [0.29, 0.717) is 62.4 Å². The molecule has 0 bridgehead atoms. The molecular formula is C48H93NO6. The van der Waals surface area contributed by atoms with Gasteiger partial charge in [-0.3, -0.25) is 14.4 Å². The van der Waals surface area contributed by atoms with E-state index in [9.17, 15) is 14.4 Å². The minimum Gasteiger partial charge on any atom is -0.466 e. The molecule has 0 aromatic heterocycles. The van der Waals surface area contributed by atoms with Crippen molar-refractivity contribution in [2.45, 2.75) is 228 Å².